The van der Waals surface area contributed by atoms with Gasteiger partial charge in [0.1, 0.15) is 97.7 Å². The Kier molecular flexibility index (Phi) is 14.3. The van der Waals surface area contributed by atoms with Crippen molar-refractivity contribution < 1.29 is 105 Å². The summed E-state index contributed by atoms with van der Waals surface area (Å²) in [6, 6.07) is 0. The van der Waals surface area contributed by atoms with Crippen molar-refractivity contribution in [1.82, 2.24) is 0 Å². The van der Waals surface area contributed by atoms with Gasteiger partial charge in [0, 0.05) is 0 Å². The van der Waals surface area contributed by atoms with E-state index in [-0.39, 0.29) is 6.29 Å². The molecule has 21 nitrogen and oxygen atoms in total. The average Bonchev–Trinajstić information content (AvgIpc) is 3.04. The van der Waals surface area contributed by atoms with E-state index < -0.39 is 143 Å². The number of rotatable bonds is 14. The summed E-state index contributed by atoms with van der Waals surface area (Å²) in [5.74, 6) is 0. The second-order valence-corrected chi connectivity index (χ2v) is 10.8. The number of ether oxygens (including phenoxy) is 6. The minimum Gasteiger partial charge on any atom is -0.394 e. The summed E-state index contributed by atoms with van der Waals surface area (Å²) in [6.07, 6.45) is -35.6. The van der Waals surface area contributed by atoms with Gasteiger partial charge in [-0.05, 0) is 0 Å². The van der Waals surface area contributed by atoms with E-state index in [1.807, 2.05) is 0 Å². The normalized spacial score (nSPS) is 45.4. The topological polar surface area (TPSA) is 356 Å². The highest BCUT2D eigenvalue weighted by Gasteiger charge is 2.54. The van der Waals surface area contributed by atoms with Crippen molar-refractivity contribution in [2.45, 2.75) is 117 Å². The maximum atomic E-state index is 10.9. The van der Waals surface area contributed by atoms with Crippen LogP contribution in [0.1, 0.15) is 0 Å². The van der Waals surface area contributed by atoms with Gasteiger partial charge >= 0.3 is 0 Å². The highest BCUT2D eigenvalue weighted by atomic mass is 16.8. The summed E-state index contributed by atoms with van der Waals surface area (Å²) in [4.78, 5) is 10.9. The zero-order valence-electron chi connectivity index (χ0n) is 23.5. The Hall–Kier alpha value is -1.13. The van der Waals surface area contributed by atoms with E-state index in [0.717, 1.165) is 0 Å². The van der Waals surface area contributed by atoms with Crippen molar-refractivity contribution in [3.63, 3.8) is 0 Å². The molecule has 19 atom stereocenters. The van der Waals surface area contributed by atoms with E-state index in [0.29, 0.717) is 0 Å². The Morgan fingerprint density at radius 1 is 0.578 bits per heavy atom. The highest BCUT2D eigenvalue weighted by Crippen LogP contribution is 2.33. The molecule has 3 fully saturated rings. The van der Waals surface area contributed by atoms with Gasteiger partial charge in [0.25, 0.3) is 0 Å². The number of hydrogen-bond acceptors (Lipinski definition) is 21. The molecule has 45 heavy (non-hydrogen) atoms. The molecule has 3 rings (SSSR count). The molecule has 3 heterocycles. The summed E-state index contributed by atoms with van der Waals surface area (Å²) in [7, 11) is 0. The monoisotopic (exact) mass is 666 g/mol. The zero-order valence-corrected chi connectivity index (χ0v) is 23.5. The average molecular weight is 667 g/mol. The van der Waals surface area contributed by atoms with Gasteiger partial charge in [-0.1, -0.05) is 0 Å². The molecule has 3 aliphatic rings. The fourth-order valence-electron chi connectivity index (χ4n) is 5.09. The minimum absolute atomic E-state index is 0.0957. The third-order valence-electron chi connectivity index (χ3n) is 7.76. The second-order valence-electron chi connectivity index (χ2n) is 10.8. The lowest BCUT2D eigenvalue weighted by molar-refractivity contribution is -0.383. The predicted octanol–water partition coefficient (Wildman–Crippen LogP) is -9.91. The Morgan fingerprint density at radius 2 is 1.00 bits per heavy atom. The van der Waals surface area contributed by atoms with Crippen LogP contribution in [0.4, 0.5) is 0 Å². The van der Waals surface area contributed by atoms with E-state index >= 15 is 0 Å². The van der Waals surface area contributed by atoms with E-state index in [9.17, 15) is 76.3 Å². The fraction of sp³-hybridized carbons (Fsp3) is 0.958. The van der Waals surface area contributed by atoms with Gasteiger partial charge in [-0.3, -0.25) is 0 Å². The van der Waals surface area contributed by atoms with Gasteiger partial charge in [-0.25, -0.2) is 0 Å². The molecule has 21 heteroatoms. The lowest BCUT2D eigenvalue weighted by Crippen LogP contribution is -2.67. The van der Waals surface area contributed by atoms with Crippen LogP contribution < -0.4 is 0 Å². The van der Waals surface area contributed by atoms with Crippen molar-refractivity contribution in [2.75, 3.05) is 26.4 Å². The first-order chi connectivity index (χ1) is 21.2. The Balaban J connectivity index is 1.72. The summed E-state index contributed by atoms with van der Waals surface area (Å²) in [6.45, 7) is -3.71. The second kappa shape index (κ2) is 16.8. The molecule has 3 saturated heterocycles. The summed E-state index contributed by atoms with van der Waals surface area (Å²) in [5, 5.41) is 141. The van der Waals surface area contributed by atoms with Crippen molar-refractivity contribution in [3.8, 4) is 0 Å². The Morgan fingerprint density at radius 3 is 1.44 bits per heavy atom. The standard InChI is InChI=1S/C24H42O21/c25-1-6(30)11(32)19(7(31)2-26)43-23-17(38)14(35)21(9(4-28)41-23)45-24-18(39)15(36)20(10(5-29)42-24)44-22-16(37)13(34)12(33)8(3-27)40-22/h1,6-24,26-39H,2-5H2/t6-,7+,8+,9+,10+,11+,12+,13-,14+,15+,16+,17+,18+,19-,20+,21+,22-,23-,24-/m0/s1. The number of aldehydes is 1. The van der Waals surface area contributed by atoms with Crippen molar-refractivity contribution in [1.29, 1.82) is 0 Å². The van der Waals surface area contributed by atoms with Crippen molar-refractivity contribution >= 4 is 6.29 Å². The maximum Gasteiger partial charge on any atom is 0.187 e. The van der Waals surface area contributed by atoms with Crippen LogP contribution in [0.3, 0.4) is 0 Å². The number of carbonyl (C=O) groups is 1. The molecule has 0 amide bonds. The zero-order chi connectivity index (χ0) is 33.7. The van der Waals surface area contributed by atoms with Crippen LogP contribution in [0.2, 0.25) is 0 Å². The van der Waals surface area contributed by atoms with Crippen LogP contribution in [0.15, 0.2) is 0 Å². The van der Waals surface area contributed by atoms with Crippen molar-refractivity contribution in [2.24, 2.45) is 0 Å². The molecule has 0 aliphatic carbocycles. The number of aliphatic hydroxyl groups is 14. The molecular formula is C24H42O21. The van der Waals surface area contributed by atoms with Crippen LogP contribution in [-0.2, 0) is 33.2 Å². The third kappa shape index (κ3) is 8.30. The van der Waals surface area contributed by atoms with E-state index in [1.165, 1.54) is 0 Å². The van der Waals surface area contributed by atoms with Crippen LogP contribution in [0, 0.1) is 0 Å². The lowest BCUT2D eigenvalue weighted by atomic mass is 9.96. The minimum atomic E-state index is -2.14. The largest absolute Gasteiger partial charge is 0.394 e. The van der Waals surface area contributed by atoms with Crippen LogP contribution in [0.25, 0.3) is 0 Å². The smallest absolute Gasteiger partial charge is 0.187 e. The summed E-state index contributed by atoms with van der Waals surface area (Å²) in [5.41, 5.74) is 0. The van der Waals surface area contributed by atoms with Crippen LogP contribution in [-0.4, -0.2) is 221 Å². The molecule has 3 aliphatic heterocycles. The molecule has 0 aromatic heterocycles. The van der Waals surface area contributed by atoms with Crippen LogP contribution >= 0.6 is 0 Å². The quantitative estimate of drug-likeness (QED) is 0.0765. The molecule has 0 unspecified atom stereocenters. The number of aliphatic hydroxyl groups excluding tert-OH is 14. The van der Waals surface area contributed by atoms with Gasteiger partial charge in [-0.15, -0.1) is 0 Å². The van der Waals surface area contributed by atoms with Gasteiger partial charge in [0.05, 0.1) is 26.4 Å². The van der Waals surface area contributed by atoms with Crippen molar-refractivity contribution in [3.05, 3.63) is 0 Å². The van der Waals surface area contributed by atoms with E-state index in [2.05, 4.69) is 0 Å². The number of carbonyl (C=O) groups excluding carboxylic acids is 1. The molecule has 0 radical (unpaired) electrons. The Bertz CT molecular complexity index is 895. The van der Waals surface area contributed by atoms with Gasteiger partial charge in [0.15, 0.2) is 25.2 Å². The maximum absolute atomic E-state index is 10.9. The SMILES string of the molecule is O=C[C@H](O)[C@@H](O)[C@@H](O[C@@H]1O[C@H](CO)[C@@H](O[C@@H]2O[C@H](CO)[C@@H](O[C@@H]3O[C@H](CO)[C@@H](O)[C@H](O)[C@H]3O)[C@H](O)[C@H]2O)[C@H](O)[C@H]1O)[C@H](O)CO. The fourth-order valence-corrected chi connectivity index (χ4v) is 5.09. The van der Waals surface area contributed by atoms with E-state index in [1.54, 1.807) is 0 Å². The van der Waals surface area contributed by atoms with Gasteiger partial charge < -0.3 is 105 Å². The highest BCUT2D eigenvalue weighted by molar-refractivity contribution is 5.56. The summed E-state index contributed by atoms with van der Waals surface area (Å²) < 4.78 is 32.3. The predicted molar refractivity (Wildman–Crippen MR) is 135 cm³/mol. The summed E-state index contributed by atoms with van der Waals surface area (Å²) >= 11 is 0. The molecule has 0 saturated carbocycles. The first kappa shape index (κ1) is 38.3. The molecule has 14 N–H and O–H groups in total. The lowest BCUT2D eigenvalue weighted by Gasteiger charge is -2.48. The first-order valence-electron chi connectivity index (χ1n) is 13.9. The van der Waals surface area contributed by atoms with Gasteiger partial charge in [0.2, 0.25) is 0 Å². The molecular weight excluding hydrogens is 624 g/mol. The molecule has 0 spiro atoms. The third-order valence-corrected chi connectivity index (χ3v) is 7.76. The Labute approximate surface area is 254 Å². The molecule has 0 aromatic carbocycles. The molecule has 0 bridgehead atoms. The molecule has 264 valence electrons. The molecule has 0 aromatic rings. The first-order valence-corrected chi connectivity index (χ1v) is 13.9. The number of hydrogen-bond donors (Lipinski definition) is 14. The van der Waals surface area contributed by atoms with E-state index in [4.69, 9.17) is 28.4 Å². The van der Waals surface area contributed by atoms with Crippen LogP contribution in [0.5, 0.6) is 0 Å². The van der Waals surface area contributed by atoms with Gasteiger partial charge in [-0.2, -0.15) is 0 Å².